The SMILES string of the molecule is C=C(F)C(=O)N1CCN(c2nc(OC[C@@H]3CCCN3C)nc3c2CCCN(c2cccc4cccc(C)c24)C3)C[C@@H]1CC#N. The standard InChI is InChI=1S/C34H40FN7O2/c1-23-8-4-9-25-10-5-13-30(31(23)25)40-17-7-12-28-29(21-40)37-34(44-22-27-11-6-16-39(27)3)38-32(28)41-18-19-42(33(43)24(2)35)26(20-41)14-15-36/h4-5,8-10,13,26-27H,2,6-7,11-12,14,16-22H2,1,3H3/t26-,27-/m0/s1. The maximum absolute atomic E-state index is 13.8. The minimum Gasteiger partial charge on any atom is -0.462 e. The van der Waals surface area contributed by atoms with Crippen LogP contribution >= 0.6 is 0 Å². The number of fused-ring (bicyclic) bond motifs is 2. The highest BCUT2D eigenvalue weighted by Crippen LogP contribution is 2.35. The van der Waals surface area contributed by atoms with E-state index in [1.54, 1.807) is 0 Å². The van der Waals surface area contributed by atoms with Crippen LogP contribution in [0.4, 0.5) is 15.9 Å². The van der Waals surface area contributed by atoms with Crippen LogP contribution in [0.15, 0.2) is 48.8 Å². The minimum atomic E-state index is -1.01. The molecular weight excluding hydrogens is 557 g/mol. The first-order chi connectivity index (χ1) is 21.3. The largest absolute Gasteiger partial charge is 0.462 e. The number of piperazine rings is 1. The zero-order valence-electron chi connectivity index (χ0n) is 25.6. The molecule has 1 aromatic heterocycles. The number of hydrogen-bond donors (Lipinski definition) is 0. The fourth-order valence-electron chi connectivity index (χ4n) is 7.00. The van der Waals surface area contributed by atoms with Crippen molar-refractivity contribution in [3.63, 3.8) is 0 Å². The molecule has 4 heterocycles. The fourth-order valence-corrected chi connectivity index (χ4v) is 7.00. The van der Waals surface area contributed by atoms with Crippen LogP contribution in [0, 0.1) is 18.3 Å². The Morgan fingerprint density at radius 2 is 1.91 bits per heavy atom. The van der Waals surface area contributed by atoms with E-state index in [-0.39, 0.29) is 13.0 Å². The zero-order chi connectivity index (χ0) is 30.8. The first kappa shape index (κ1) is 29.8. The molecule has 3 aromatic rings. The highest BCUT2D eigenvalue weighted by Gasteiger charge is 2.34. The van der Waals surface area contributed by atoms with E-state index < -0.39 is 17.8 Å². The Bertz CT molecular complexity index is 1600. The van der Waals surface area contributed by atoms with E-state index in [1.807, 2.05) is 0 Å². The lowest BCUT2D eigenvalue weighted by Crippen LogP contribution is -2.55. The molecule has 0 spiro atoms. The number of ether oxygens (including phenoxy) is 1. The second-order valence-corrected chi connectivity index (χ2v) is 12.2. The number of aromatic nitrogens is 2. The van der Waals surface area contributed by atoms with Crippen molar-refractivity contribution >= 4 is 28.2 Å². The van der Waals surface area contributed by atoms with Crippen LogP contribution in [-0.4, -0.2) is 84.1 Å². The summed E-state index contributed by atoms with van der Waals surface area (Å²) >= 11 is 0. The van der Waals surface area contributed by atoms with E-state index in [0.717, 1.165) is 55.8 Å². The van der Waals surface area contributed by atoms with Crippen molar-refractivity contribution < 1.29 is 13.9 Å². The van der Waals surface area contributed by atoms with Gasteiger partial charge < -0.3 is 24.3 Å². The summed E-state index contributed by atoms with van der Waals surface area (Å²) in [5, 5.41) is 12.0. The molecule has 1 amide bonds. The van der Waals surface area contributed by atoms with E-state index in [0.29, 0.717) is 38.3 Å². The second kappa shape index (κ2) is 12.8. The molecular formula is C34H40FN7O2. The third-order valence-corrected chi connectivity index (χ3v) is 9.36. The maximum atomic E-state index is 13.8. The number of nitrogens with zero attached hydrogens (tertiary/aromatic N) is 7. The van der Waals surface area contributed by atoms with Gasteiger partial charge in [-0.25, -0.2) is 4.39 Å². The predicted molar refractivity (Wildman–Crippen MR) is 169 cm³/mol. The van der Waals surface area contributed by atoms with Crippen LogP contribution in [-0.2, 0) is 17.8 Å². The Kier molecular flexibility index (Phi) is 8.67. The summed E-state index contributed by atoms with van der Waals surface area (Å²) in [5.74, 6) is -0.972. The number of likely N-dealkylation sites (N-methyl/N-ethyl adjacent to an activating group) is 1. The third-order valence-electron chi connectivity index (χ3n) is 9.36. The summed E-state index contributed by atoms with van der Waals surface area (Å²) in [5.41, 5.74) is 4.43. The molecule has 2 atom stereocenters. The third kappa shape index (κ3) is 5.93. The monoisotopic (exact) mass is 597 g/mol. The molecule has 6 rings (SSSR count). The maximum Gasteiger partial charge on any atom is 0.318 e. The van der Waals surface area contributed by atoms with E-state index >= 15 is 0 Å². The molecule has 0 N–H and O–H groups in total. The lowest BCUT2D eigenvalue weighted by Gasteiger charge is -2.41. The van der Waals surface area contributed by atoms with Crippen LogP contribution in [0.3, 0.4) is 0 Å². The number of rotatable bonds is 7. The van der Waals surface area contributed by atoms with Gasteiger partial charge in [0.2, 0.25) is 0 Å². The van der Waals surface area contributed by atoms with Crippen molar-refractivity contribution in [1.29, 1.82) is 5.26 Å². The van der Waals surface area contributed by atoms with Gasteiger partial charge in [0.05, 0.1) is 30.8 Å². The fraction of sp³-hybridized carbons (Fsp3) is 0.471. The van der Waals surface area contributed by atoms with Gasteiger partial charge in [0, 0.05) is 48.9 Å². The zero-order valence-corrected chi connectivity index (χ0v) is 25.6. The van der Waals surface area contributed by atoms with Crippen molar-refractivity contribution in [2.24, 2.45) is 0 Å². The predicted octanol–water partition coefficient (Wildman–Crippen LogP) is 4.78. The number of aryl methyl sites for hydroxylation is 1. The van der Waals surface area contributed by atoms with E-state index in [4.69, 9.17) is 14.7 Å². The highest BCUT2D eigenvalue weighted by molar-refractivity contribution is 5.97. The highest BCUT2D eigenvalue weighted by atomic mass is 19.1. The molecule has 3 aliphatic rings. The molecule has 3 aliphatic heterocycles. The number of halogens is 1. The molecule has 9 nitrogen and oxygen atoms in total. The van der Waals surface area contributed by atoms with Crippen LogP contribution in [0.1, 0.15) is 42.5 Å². The second-order valence-electron chi connectivity index (χ2n) is 12.2. The Morgan fingerprint density at radius 1 is 1.09 bits per heavy atom. The average Bonchev–Trinajstić information content (AvgIpc) is 3.31. The number of amides is 1. The summed E-state index contributed by atoms with van der Waals surface area (Å²) in [4.78, 5) is 30.8. The number of carbonyl (C=O) groups excluding carboxylic acids is 1. The topological polar surface area (TPSA) is 88.8 Å². The van der Waals surface area contributed by atoms with Gasteiger partial charge in [0.25, 0.3) is 5.91 Å². The molecule has 0 saturated carbocycles. The number of nitriles is 1. The Morgan fingerprint density at radius 3 is 2.66 bits per heavy atom. The Labute approximate surface area is 258 Å². The number of anilines is 2. The first-order valence-electron chi connectivity index (χ1n) is 15.6. The summed E-state index contributed by atoms with van der Waals surface area (Å²) in [6, 6.07) is 15.2. The smallest absolute Gasteiger partial charge is 0.318 e. The van der Waals surface area contributed by atoms with Gasteiger partial charge in [0.1, 0.15) is 12.4 Å². The van der Waals surface area contributed by atoms with Gasteiger partial charge >= 0.3 is 6.01 Å². The van der Waals surface area contributed by atoms with Gasteiger partial charge in [-0.1, -0.05) is 36.9 Å². The number of likely N-dealkylation sites (tertiary alicyclic amines) is 1. The van der Waals surface area contributed by atoms with Crippen molar-refractivity contribution in [3.05, 3.63) is 65.6 Å². The normalized spacial score (nSPS) is 20.7. The van der Waals surface area contributed by atoms with E-state index in [2.05, 4.69) is 77.7 Å². The molecule has 10 heteroatoms. The van der Waals surface area contributed by atoms with E-state index in [1.165, 1.54) is 26.9 Å². The molecule has 2 fully saturated rings. The lowest BCUT2D eigenvalue weighted by atomic mass is 10.0. The Hall–Kier alpha value is -4.23. The first-order valence-corrected chi connectivity index (χ1v) is 15.6. The lowest BCUT2D eigenvalue weighted by molar-refractivity contribution is -0.131. The molecule has 230 valence electrons. The molecule has 0 radical (unpaired) electrons. The van der Waals surface area contributed by atoms with Gasteiger partial charge in [0.15, 0.2) is 5.83 Å². The minimum absolute atomic E-state index is 0.0916. The van der Waals surface area contributed by atoms with Gasteiger partial charge in [-0.3, -0.25) is 4.79 Å². The van der Waals surface area contributed by atoms with Crippen molar-refractivity contribution in [2.75, 3.05) is 56.2 Å². The summed E-state index contributed by atoms with van der Waals surface area (Å²) in [6.07, 6.45) is 4.03. The van der Waals surface area contributed by atoms with E-state index in [9.17, 15) is 14.4 Å². The number of benzene rings is 2. The van der Waals surface area contributed by atoms with Crippen molar-refractivity contribution in [2.45, 2.75) is 57.7 Å². The summed E-state index contributed by atoms with van der Waals surface area (Å²) in [7, 11) is 2.12. The van der Waals surface area contributed by atoms with Gasteiger partial charge in [-0.2, -0.15) is 15.2 Å². The van der Waals surface area contributed by atoms with Crippen molar-refractivity contribution in [3.8, 4) is 12.1 Å². The Balaban J connectivity index is 1.36. The average molecular weight is 598 g/mol. The quantitative estimate of drug-likeness (QED) is 0.360. The summed E-state index contributed by atoms with van der Waals surface area (Å²) in [6.45, 7) is 9.50. The summed E-state index contributed by atoms with van der Waals surface area (Å²) < 4.78 is 20.2. The molecule has 0 bridgehead atoms. The number of hydrogen-bond acceptors (Lipinski definition) is 8. The van der Waals surface area contributed by atoms with Crippen LogP contribution in [0.25, 0.3) is 10.8 Å². The van der Waals surface area contributed by atoms with Crippen molar-refractivity contribution in [1.82, 2.24) is 19.8 Å². The van der Waals surface area contributed by atoms with Crippen LogP contribution in [0.2, 0.25) is 0 Å². The number of carbonyl (C=O) groups is 1. The molecule has 0 aliphatic carbocycles. The molecule has 2 saturated heterocycles. The molecule has 44 heavy (non-hydrogen) atoms. The van der Waals surface area contributed by atoms with Gasteiger partial charge in [-0.15, -0.1) is 0 Å². The molecule has 2 aromatic carbocycles. The molecule has 0 unspecified atom stereocenters. The van der Waals surface area contributed by atoms with Gasteiger partial charge in [-0.05, 0) is 63.2 Å². The van der Waals surface area contributed by atoms with Crippen LogP contribution in [0.5, 0.6) is 6.01 Å². The van der Waals surface area contributed by atoms with Crippen LogP contribution < -0.4 is 14.5 Å².